The Hall–Kier alpha value is -3.60. The molecule has 0 unspecified atom stereocenters. The fraction of sp³-hybridized carbons (Fsp3) is 0.120. The molecule has 0 amide bonds. The highest BCUT2D eigenvalue weighted by atomic mass is 19.2. The monoisotopic (exact) mass is 399 g/mol. The molecule has 0 aliphatic heterocycles. The number of halogens is 2. The van der Waals surface area contributed by atoms with Gasteiger partial charge < -0.3 is 4.57 Å². The van der Waals surface area contributed by atoms with E-state index in [0.717, 1.165) is 45.2 Å². The molecular formula is C25H19F2N3. The molecule has 0 aliphatic carbocycles. The van der Waals surface area contributed by atoms with Crippen LogP contribution in [0.25, 0.3) is 33.3 Å². The summed E-state index contributed by atoms with van der Waals surface area (Å²) in [5, 5.41) is 0.599. The largest absolute Gasteiger partial charge is 0.319 e. The summed E-state index contributed by atoms with van der Waals surface area (Å²) in [4.78, 5) is 8.99. The number of fused-ring (bicyclic) bond motifs is 2. The summed E-state index contributed by atoms with van der Waals surface area (Å²) in [5.41, 5.74) is 6.15. The summed E-state index contributed by atoms with van der Waals surface area (Å²) >= 11 is 0. The lowest BCUT2D eigenvalue weighted by Gasteiger charge is -2.15. The first-order chi connectivity index (χ1) is 14.5. The lowest BCUT2D eigenvalue weighted by atomic mass is 10.0. The lowest BCUT2D eigenvalue weighted by molar-refractivity contribution is 0.515. The number of nitrogens with zero attached hydrogens (tertiary/aromatic N) is 3. The van der Waals surface area contributed by atoms with Gasteiger partial charge in [-0.3, -0.25) is 4.98 Å². The average Bonchev–Trinajstić information content (AvgIpc) is 3.09. The summed E-state index contributed by atoms with van der Waals surface area (Å²) < 4.78 is 30.2. The highest BCUT2D eigenvalue weighted by Crippen LogP contribution is 2.32. The van der Waals surface area contributed by atoms with E-state index in [-0.39, 0.29) is 5.52 Å². The van der Waals surface area contributed by atoms with Crippen molar-refractivity contribution in [1.29, 1.82) is 0 Å². The van der Waals surface area contributed by atoms with Crippen LogP contribution < -0.4 is 0 Å². The van der Waals surface area contributed by atoms with E-state index in [2.05, 4.69) is 35.5 Å². The molecular weight excluding hydrogens is 380 g/mol. The Labute approximate surface area is 172 Å². The molecule has 0 fully saturated rings. The molecule has 0 N–H and O–H groups in total. The van der Waals surface area contributed by atoms with Gasteiger partial charge in [0.2, 0.25) is 0 Å². The van der Waals surface area contributed by atoms with Crippen LogP contribution in [0, 0.1) is 25.5 Å². The summed E-state index contributed by atoms with van der Waals surface area (Å²) in [6.07, 6.45) is 1.53. The summed E-state index contributed by atoms with van der Waals surface area (Å²) in [5.74, 6) is -0.949. The van der Waals surface area contributed by atoms with Gasteiger partial charge in [-0.2, -0.15) is 0 Å². The number of hydrogen-bond acceptors (Lipinski definition) is 2. The predicted octanol–water partition coefficient (Wildman–Crippen LogP) is 6.19. The van der Waals surface area contributed by atoms with Gasteiger partial charge in [-0.1, -0.05) is 30.3 Å². The van der Waals surface area contributed by atoms with Gasteiger partial charge in [0.25, 0.3) is 0 Å². The van der Waals surface area contributed by atoms with E-state index < -0.39 is 11.6 Å². The van der Waals surface area contributed by atoms with E-state index in [1.807, 2.05) is 36.4 Å². The molecule has 0 spiro atoms. The summed E-state index contributed by atoms with van der Waals surface area (Å²) in [7, 11) is 0. The molecule has 0 saturated heterocycles. The highest BCUT2D eigenvalue weighted by molar-refractivity contribution is 5.85. The number of aromatic nitrogens is 3. The fourth-order valence-corrected chi connectivity index (χ4v) is 4.12. The number of aryl methyl sites for hydroxylation is 2. The number of imidazole rings is 1. The second-order valence-corrected chi connectivity index (χ2v) is 7.50. The second kappa shape index (κ2) is 7.02. The van der Waals surface area contributed by atoms with Gasteiger partial charge in [-0.05, 0) is 60.9 Å². The maximum atomic E-state index is 14.3. The van der Waals surface area contributed by atoms with Crippen LogP contribution in [-0.2, 0) is 6.54 Å². The molecule has 3 nitrogen and oxygen atoms in total. The minimum absolute atomic E-state index is 0.0468. The first kappa shape index (κ1) is 18.4. The number of pyridine rings is 1. The van der Waals surface area contributed by atoms with Crippen molar-refractivity contribution in [3.63, 3.8) is 0 Å². The smallest absolute Gasteiger partial charge is 0.184 e. The first-order valence-corrected chi connectivity index (χ1v) is 9.78. The van der Waals surface area contributed by atoms with Crippen LogP contribution in [0.1, 0.15) is 16.7 Å². The van der Waals surface area contributed by atoms with Crippen LogP contribution in [0.5, 0.6) is 0 Å². The molecule has 148 valence electrons. The van der Waals surface area contributed by atoms with Crippen molar-refractivity contribution in [3.8, 4) is 11.4 Å². The van der Waals surface area contributed by atoms with Crippen LogP contribution in [0.15, 0.2) is 66.9 Å². The lowest BCUT2D eigenvalue weighted by Crippen LogP contribution is -2.05. The topological polar surface area (TPSA) is 30.7 Å². The molecule has 0 bridgehead atoms. The van der Waals surface area contributed by atoms with Gasteiger partial charge in [0.05, 0.1) is 17.6 Å². The van der Waals surface area contributed by atoms with Crippen molar-refractivity contribution >= 4 is 21.9 Å². The van der Waals surface area contributed by atoms with Gasteiger partial charge in [0.15, 0.2) is 11.6 Å². The normalized spacial score (nSPS) is 11.5. The molecule has 3 aromatic carbocycles. The average molecular weight is 399 g/mol. The Morgan fingerprint density at radius 3 is 2.43 bits per heavy atom. The standard InChI is InChI=1S/C25H19F2N3/c1-15-6-5-7-16(2)22(15)25-29-20-8-3-4-9-21(20)30(25)14-17-12-13-28-24-18(17)10-11-19(26)23(24)27/h3-13H,14H2,1-2H3. The van der Waals surface area contributed by atoms with E-state index in [0.29, 0.717) is 11.9 Å². The molecule has 0 radical (unpaired) electrons. The Morgan fingerprint density at radius 2 is 1.63 bits per heavy atom. The maximum Gasteiger partial charge on any atom is 0.184 e. The van der Waals surface area contributed by atoms with Gasteiger partial charge in [0, 0.05) is 17.1 Å². The van der Waals surface area contributed by atoms with Gasteiger partial charge in [-0.15, -0.1) is 0 Å². The zero-order valence-electron chi connectivity index (χ0n) is 16.7. The van der Waals surface area contributed by atoms with Crippen molar-refractivity contribution in [2.24, 2.45) is 0 Å². The van der Waals surface area contributed by atoms with Crippen LogP contribution in [-0.4, -0.2) is 14.5 Å². The molecule has 2 aromatic heterocycles. The van der Waals surface area contributed by atoms with Crippen LogP contribution in [0.4, 0.5) is 8.78 Å². The van der Waals surface area contributed by atoms with Crippen molar-refractivity contribution in [3.05, 3.63) is 95.2 Å². The zero-order valence-corrected chi connectivity index (χ0v) is 16.7. The number of hydrogen-bond donors (Lipinski definition) is 0. The predicted molar refractivity (Wildman–Crippen MR) is 115 cm³/mol. The third kappa shape index (κ3) is 2.86. The SMILES string of the molecule is Cc1cccc(C)c1-c1nc2ccccc2n1Cc1ccnc2c(F)c(F)ccc12. The van der Waals surface area contributed by atoms with E-state index in [4.69, 9.17) is 4.98 Å². The first-order valence-electron chi connectivity index (χ1n) is 9.78. The minimum Gasteiger partial charge on any atom is -0.319 e. The molecule has 2 heterocycles. The molecule has 5 rings (SSSR count). The van der Waals surface area contributed by atoms with Gasteiger partial charge >= 0.3 is 0 Å². The third-order valence-corrected chi connectivity index (χ3v) is 5.58. The van der Waals surface area contributed by atoms with Crippen molar-refractivity contribution in [1.82, 2.24) is 14.5 Å². The van der Waals surface area contributed by atoms with Crippen LogP contribution in [0.3, 0.4) is 0 Å². The van der Waals surface area contributed by atoms with Crippen molar-refractivity contribution in [2.45, 2.75) is 20.4 Å². The maximum absolute atomic E-state index is 14.3. The quantitative estimate of drug-likeness (QED) is 0.362. The van der Waals surface area contributed by atoms with E-state index in [1.165, 1.54) is 6.20 Å². The van der Waals surface area contributed by atoms with Crippen LogP contribution >= 0.6 is 0 Å². The van der Waals surface area contributed by atoms with E-state index >= 15 is 0 Å². The molecule has 5 heteroatoms. The number of rotatable bonds is 3. The van der Waals surface area contributed by atoms with E-state index in [9.17, 15) is 8.78 Å². The van der Waals surface area contributed by atoms with E-state index in [1.54, 1.807) is 6.07 Å². The number of benzene rings is 3. The number of para-hydroxylation sites is 2. The molecule has 0 aliphatic rings. The Bertz CT molecular complexity index is 1400. The Balaban J connectivity index is 1.77. The second-order valence-electron chi connectivity index (χ2n) is 7.50. The third-order valence-electron chi connectivity index (χ3n) is 5.58. The molecule has 0 saturated carbocycles. The molecule has 5 aromatic rings. The van der Waals surface area contributed by atoms with Gasteiger partial charge in [0.1, 0.15) is 11.3 Å². The van der Waals surface area contributed by atoms with Crippen molar-refractivity contribution < 1.29 is 8.78 Å². The Kier molecular flexibility index (Phi) is 4.31. The Morgan fingerprint density at radius 1 is 0.867 bits per heavy atom. The molecule has 0 atom stereocenters. The fourth-order valence-electron chi connectivity index (χ4n) is 4.12. The molecule has 30 heavy (non-hydrogen) atoms. The van der Waals surface area contributed by atoms with Crippen molar-refractivity contribution in [2.75, 3.05) is 0 Å². The van der Waals surface area contributed by atoms with Gasteiger partial charge in [-0.25, -0.2) is 13.8 Å². The summed E-state index contributed by atoms with van der Waals surface area (Å²) in [6.45, 7) is 4.62. The highest BCUT2D eigenvalue weighted by Gasteiger charge is 2.18. The zero-order chi connectivity index (χ0) is 20.8. The minimum atomic E-state index is -0.917. The van der Waals surface area contributed by atoms with Crippen LogP contribution in [0.2, 0.25) is 0 Å². The summed E-state index contributed by atoms with van der Waals surface area (Å²) in [6, 6.07) is 18.7.